The minimum Gasteiger partial charge on any atom is -0.491 e. The van der Waals surface area contributed by atoms with E-state index < -0.39 is 0 Å². The minimum atomic E-state index is -0.375. The molecule has 134 valence electrons. The van der Waals surface area contributed by atoms with Gasteiger partial charge in [0.1, 0.15) is 5.82 Å². The van der Waals surface area contributed by atoms with Gasteiger partial charge in [-0.15, -0.1) is 0 Å². The zero-order valence-corrected chi connectivity index (χ0v) is 14.5. The lowest BCUT2D eigenvalue weighted by Crippen LogP contribution is -2.37. The van der Waals surface area contributed by atoms with E-state index in [4.69, 9.17) is 4.74 Å². The monoisotopic (exact) mass is 347 g/mol. The van der Waals surface area contributed by atoms with Crippen molar-refractivity contribution >= 4 is 5.96 Å². The topological polar surface area (TPSA) is 45.6 Å². The predicted molar refractivity (Wildman–Crippen MR) is 95.9 cm³/mol. The molecule has 0 aromatic heterocycles. The molecule has 2 aromatic rings. The predicted octanol–water partition coefficient (Wildman–Crippen LogP) is 3.27. The van der Waals surface area contributed by atoms with Gasteiger partial charge in [0.25, 0.3) is 0 Å². The van der Waals surface area contributed by atoms with Gasteiger partial charge in [-0.2, -0.15) is 0 Å². The van der Waals surface area contributed by atoms with E-state index in [0.717, 1.165) is 17.5 Å². The minimum absolute atomic E-state index is 0.239. The summed E-state index contributed by atoms with van der Waals surface area (Å²) in [6.07, 6.45) is 0.749. The van der Waals surface area contributed by atoms with Crippen molar-refractivity contribution in [3.63, 3.8) is 0 Å². The molecule has 0 atom stereocenters. The maximum Gasteiger partial charge on any atom is 0.191 e. The van der Waals surface area contributed by atoms with Gasteiger partial charge in [0.15, 0.2) is 17.5 Å². The first-order chi connectivity index (χ1) is 12.1. The number of guanidine groups is 1. The number of nitrogens with one attached hydrogen (secondary N) is 2. The highest BCUT2D eigenvalue weighted by molar-refractivity contribution is 5.79. The summed E-state index contributed by atoms with van der Waals surface area (Å²) < 4.78 is 31.9. The quantitative estimate of drug-likeness (QED) is 0.597. The SMILES string of the molecule is CCOc1ccc(CNC(=NC)NCCc2ccc(F)cc2)cc1F. The van der Waals surface area contributed by atoms with Crippen LogP contribution in [0.25, 0.3) is 0 Å². The average molecular weight is 347 g/mol. The van der Waals surface area contributed by atoms with Gasteiger partial charge in [-0.3, -0.25) is 4.99 Å². The van der Waals surface area contributed by atoms with Gasteiger partial charge in [-0.1, -0.05) is 18.2 Å². The van der Waals surface area contributed by atoms with Crippen molar-refractivity contribution in [3.8, 4) is 5.75 Å². The Kier molecular flexibility index (Phi) is 7.19. The maximum atomic E-state index is 13.8. The van der Waals surface area contributed by atoms with Crippen LogP contribution in [0.5, 0.6) is 5.75 Å². The van der Waals surface area contributed by atoms with E-state index in [0.29, 0.717) is 25.7 Å². The highest BCUT2D eigenvalue weighted by atomic mass is 19.1. The summed E-state index contributed by atoms with van der Waals surface area (Å²) in [6, 6.07) is 11.3. The maximum absolute atomic E-state index is 13.8. The standard InChI is InChI=1S/C19H23F2N3O/c1-3-25-18-9-6-15(12-17(18)21)13-24-19(22-2)23-11-10-14-4-7-16(20)8-5-14/h4-9,12H,3,10-11,13H2,1-2H3,(H2,22,23,24). The van der Waals surface area contributed by atoms with Crippen LogP contribution in [0.2, 0.25) is 0 Å². The van der Waals surface area contributed by atoms with Crippen LogP contribution in [0, 0.1) is 11.6 Å². The Hall–Kier alpha value is -2.63. The zero-order chi connectivity index (χ0) is 18.1. The van der Waals surface area contributed by atoms with Crippen molar-refractivity contribution in [2.45, 2.75) is 19.9 Å². The van der Waals surface area contributed by atoms with Gasteiger partial charge < -0.3 is 15.4 Å². The third-order valence-electron chi connectivity index (χ3n) is 3.60. The number of benzene rings is 2. The molecule has 0 saturated carbocycles. The molecule has 0 amide bonds. The van der Waals surface area contributed by atoms with E-state index in [2.05, 4.69) is 15.6 Å². The second-order valence-corrected chi connectivity index (χ2v) is 5.43. The molecule has 25 heavy (non-hydrogen) atoms. The van der Waals surface area contributed by atoms with Crippen LogP contribution >= 0.6 is 0 Å². The Balaban J connectivity index is 1.80. The van der Waals surface area contributed by atoms with E-state index in [9.17, 15) is 8.78 Å². The largest absolute Gasteiger partial charge is 0.491 e. The van der Waals surface area contributed by atoms with Gasteiger partial charge in [-0.05, 0) is 48.7 Å². The Morgan fingerprint density at radius 1 is 1.04 bits per heavy atom. The molecular formula is C19H23F2N3O. The smallest absolute Gasteiger partial charge is 0.191 e. The van der Waals surface area contributed by atoms with E-state index >= 15 is 0 Å². The van der Waals surface area contributed by atoms with Crippen molar-refractivity contribution in [1.29, 1.82) is 0 Å². The van der Waals surface area contributed by atoms with Crippen molar-refractivity contribution in [2.24, 2.45) is 4.99 Å². The first kappa shape index (κ1) is 18.7. The van der Waals surface area contributed by atoms with Crippen molar-refractivity contribution in [2.75, 3.05) is 20.2 Å². The van der Waals surface area contributed by atoms with Crippen LogP contribution in [-0.4, -0.2) is 26.2 Å². The molecule has 0 aliphatic heterocycles. The molecule has 0 heterocycles. The van der Waals surface area contributed by atoms with Gasteiger partial charge in [0.05, 0.1) is 6.61 Å². The lowest BCUT2D eigenvalue weighted by molar-refractivity contribution is 0.321. The Labute approximate surface area is 146 Å². The van der Waals surface area contributed by atoms with E-state index in [-0.39, 0.29) is 17.4 Å². The molecule has 2 aromatic carbocycles. The Morgan fingerprint density at radius 2 is 1.76 bits per heavy atom. The first-order valence-electron chi connectivity index (χ1n) is 8.22. The molecule has 0 radical (unpaired) electrons. The number of hydrogen-bond donors (Lipinski definition) is 2. The zero-order valence-electron chi connectivity index (χ0n) is 14.5. The molecule has 0 aliphatic carbocycles. The molecule has 0 unspecified atom stereocenters. The van der Waals surface area contributed by atoms with Crippen molar-refractivity contribution in [3.05, 3.63) is 65.2 Å². The fourth-order valence-corrected chi connectivity index (χ4v) is 2.31. The van der Waals surface area contributed by atoms with E-state index in [1.165, 1.54) is 18.2 Å². The van der Waals surface area contributed by atoms with E-state index in [1.807, 2.05) is 13.0 Å². The molecule has 6 heteroatoms. The number of ether oxygens (including phenoxy) is 1. The van der Waals surface area contributed by atoms with Crippen molar-refractivity contribution < 1.29 is 13.5 Å². The molecule has 0 spiro atoms. The van der Waals surface area contributed by atoms with Crippen molar-refractivity contribution in [1.82, 2.24) is 10.6 Å². The number of halogens is 2. The number of nitrogens with zero attached hydrogens (tertiary/aromatic N) is 1. The summed E-state index contributed by atoms with van der Waals surface area (Å²) >= 11 is 0. The number of hydrogen-bond acceptors (Lipinski definition) is 2. The molecule has 0 aliphatic rings. The van der Waals surface area contributed by atoms with Crippen LogP contribution in [0.15, 0.2) is 47.5 Å². The molecule has 2 rings (SSSR count). The van der Waals surface area contributed by atoms with Gasteiger partial charge in [-0.25, -0.2) is 8.78 Å². The molecule has 0 bridgehead atoms. The molecule has 0 fully saturated rings. The number of aliphatic imine (C=N–C) groups is 1. The van der Waals surface area contributed by atoms with E-state index in [1.54, 1.807) is 25.2 Å². The second kappa shape index (κ2) is 9.61. The van der Waals surface area contributed by atoms with Crippen LogP contribution in [0.3, 0.4) is 0 Å². The van der Waals surface area contributed by atoms with Crippen LogP contribution in [0.1, 0.15) is 18.1 Å². The summed E-state index contributed by atoms with van der Waals surface area (Å²) in [7, 11) is 1.67. The lowest BCUT2D eigenvalue weighted by Gasteiger charge is -2.13. The second-order valence-electron chi connectivity index (χ2n) is 5.43. The van der Waals surface area contributed by atoms with Gasteiger partial charge in [0.2, 0.25) is 0 Å². The highest BCUT2D eigenvalue weighted by Gasteiger charge is 2.05. The Bertz CT molecular complexity index is 702. The van der Waals surface area contributed by atoms with Gasteiger partial charge in [0, 0.05) is 20.1 Å². The van der Waals surface area contributed by atoms with Crippen LogP contribution in [0.4, 0.5) is 8.78 Å². The fourth-order valence-electron chi connectivity index (χ4n) is 2.31. The van der Waals surface area contributed by atoms with Crippen LogP contribution in [-0.2, 0) is 13.0 Å². The summed E-state index contributed by atoms with van der Waals surface area (Å²) in [5, 5.41) is 6.31. The first-order valence-corrected chi connectivity index (χ1v) is 8.22. The Morgan fingerprint density at radius 3 is 2.40 bits per heavy atom. The molecule has 4 nitrogen and oxygen atoms in total. The third-order valence-corrected chi connectivity index (χ3v) is 3.60. The molecule has 2 N–H and O–H groups in total. The fraction of sp³-hybridized carbons (Fsp3) is 0.316. The summed E-state index contributed by atoms with van der Waals surface area (Å²) in [5.74, 6) is 0.265. The lowest BCUT2D eigenvalue weighted by atomic mass is 10.1. The number of rotatable bonds is 7. The molecule has 0 saturated heterocycles. The normalized spacial score (nSPS) is 11.3. The summed E-state index contributed by atoms with van der Waals surface area (Å²) in [5.41, 5.74) is 1.83. The summed E-state index contributed by atoms with van der Waals surface area (Å²) in [6.45, 7) is 3.35. The summed E-state index contributed by atoms with van der Waals surface area (Å²) in [4.78, 5) is 4.13. The highest BCUT2D eigenvalue weighted by Crippen LogP contribution is 2.18. The third kappa shape index (κ3) is 6.06. The van der Waals surface area contributed by atoms with Crippen LogP contribution < -0.4 is 15.4 Å². The van der Waals surface area contributed by atoms with Gasteiger partial charge >= 0.3 is 0 Å². The molecular weight excluding hydrogens is 324 g/mol. The average Bonchev–Trinajstić information content (AvgIpc) is 2.62.